The molecule has 0 bridgehead atoms. The van der Waals surface area contributed by atoms with Crippen LogP contribution in [0.2, 0.25) is 0 Å². The topological polar surface area (TPSA) is 38.0 Å². The van der Waals surface area contributed by atoms with Gasteiger partial charge in [-0.3, -0.25) is 0 Å². The number of imidazole rings is 1. The van der Waals surface area contributed by atoms with E-state index in [1.807, 2.05) is 18.5 Å². The van der Waals surface area contributed by atoms with Gasteiger partial charge in [-0.2, -0.15) is 0 Å². The Kier molecular flexibility index (Phi) is 2.75. The average Bonchev–Trinajstić information content (AvgIpc) is 2.73. The van der Waals surface area contributed by atoms with Crippen LogP contribution in [0.4, 0.5) is 0 Å². The summed E-state index contributed by atoms with van der Waals surface area (Å²) in [6, 6.07) is 11.6. The van der Waals surface area contributed by atoms with Crippen molar-refractivity contribution >= 4 is 11.0 Å². The number of fused-ring (bicyclic) bond motifs is 1. The molecule has 1 heterocycles. The third kappa shape index (κ3) is 2.19. The third-order valence-electron chi connectivity index (χ3n) is 3.50. The number of aromatic nitrogens is 2. The fraction of sp³-hybridized carbons (Fsp3) is 0.188. The van der Waals surface area contributed by atoms with Crippen LogP contribution in [0.3, 0.4) is 0 Å². The van der Waals surface area contributed by atoms with Crippen LogP contribution in [0.1, 0.15) is 16.7 Å². The summed E-state index contributed by atoms with van der Waals surface area (Å²) in [5.74, 6) is 0.300. The lowest BCUT2D eigenvalue weighted by Crippen LogP contribution is -1.98. The first-order chi connectivity index (χ1) is 9.13. The highest BCUT2D eigenvalue weighted by Crippen LogP contribution is 2.20. The van der Waals surface area contributed by atoms with Gasteiger partial charge >= 0.3 is 0 Å². The number of phenols is 1. The van der Waals surface area contributed by atoms with Crippen molar-refractivity contribution in [1.29, 1.82) is 0 Å². The van der Waals surface area contributed by atoms with Crippen molar-refractivity contribution in [1.82, 2.24) is 9.55 Å². The number of hydrogen-bond acceptors (Lipinski definition) is 2. The van der Waals surface area contributed by atoms with Crippen molar-refractivity contribution in [3.8, 4) is 5.75 Å². The van der Waals surface area contributed by atoms with Crippen LogP contribution in [0.15, 0.2) is 42.7 Å². The van der Waals surface area contributed by atoms with Crippen LogP contribution in [0, 0.1) is 13.8 Å². The molecule has 0 fully saturated rings. The van der Waals surface area contributed by atoms with Gasteiger partial charge in [-0.15, -0.1) is 0 Å². The van der Waals surface area contributed by atoms with Gasteiger partial charge in [-0.05, 0) is 54.8 Å². The normalized spacial score (nSPS) is 11.1. The molecule has 0 unspecified atom stereocenters. The van der Waals surface area contributed by atoms with Crippen molar-refractivity contribution < 1.29 is 5.11 Å². The van der Waals surface area contributed by atoms with E-state index in [9.17, 15) is 5.11 Å². The largest absolute Gasteiger partial charge is 0.508 e. The van der Waals surface area contributed by atoms with Gasteiger partial charge in [0.1, 0.15) is 5.75 Å². The van der Waals surface area contributed by atoms with Crippen molar-refractivity contribution in [2.24, 2.45) is 0 Å². The van der Waals surface area contributed by atoms with Crippen molar-refractivity contribution in [3.05, 3.63) is 59.4 Å². The first-order valence-electron chi connectivity index (χ1n) is 6.33. The summed E-state index contributed by atoms with van der Waals surface area (Å²) in [5.41, 5.74) is 5.74. The van der Waals surface area contributed by atoms with Crippen LogP contribution in [0.25, 0.3) is 11.0 Å². The van der Waals surface area contributed by atoms with E-state index in [1.165, 1.54) is 11.1 Å². The molecule has 19 heavy (non-hydrogen) atoms. The van der Waals surface area contributed by atoms with Gasteiger partial charge in [0.2, 0.25) is 0 Å². The molecule has 0 saturated carbocycles. The quantitative estimate of drug-likeness (QED) is 0.759. The summed E-state index contributed by atoms with van der Waals surface area (Å²) in [6.07, 6.45) is 1.85. The molecule has 0 aliphatic carbocycles. The van der Waals surface area contributed by atoms with E-state index in [0.717, 1.165) is 16.6 Å². The smallest absolute Gasteiger partial charge is 0.115 e. The Bertz CT molecular complexity index is 744. The van der Waals surface area contributed by atoms with Crippen molar-refractivity contribution in [3.63, 3.8) is 0 Å². The molecular weight excluding hydrogens is 236 g/mol. The summed E-state index contributed by atoms with van der Waals surface area (Å²) >= 11 is 0. The van der Waals surface area contributed by atoms with E-state index >= 15 is 0 Å². The summed E-state index contributed by atoms with van der Waals surface area (Å²) in [7, 11) is 0. The minimum Gasteiger partial charge on any atom is -0.508 e. The first kappa shape index (κ1) is 11.8. The Morgan fingerprint density at radius 2 is 1.89 bits per heavy atom. The van der Waals surface area contributed by atoms with Gasteiger partial charge in [-0.1, -0.05) is 12.1 Å². The highest BCUT2D eigenvalue weighted by atomic mass is 16.3. The Balaban J connectivity index is 2.04. The standard InChI is InChI=1S/C16H16N2O/c1-11-6-15-16(7-12(11)2)18(10-17-15)9-13-4-3-5-14(19)8-13/h3-8,10,19H,9H2,1-2H3. The number of aryl methyl sites for hydroxylation is 2. The fourth-order valence-electron chi connectivity index (χ4n) is 2.29. The number of phenolic OH excluding ortho intramolecular Hbond substituents is 1. The molecular formula is C16H16N2O. The van der Waals surface area contributed by atoms with Gasteiger partial charge in [0.25, 0.3) is 0 Å². The Labute approximate surface area is 112 Å². The maximum atomic E-state index is 9.51. The predicted octanol–water partition coefficient (Wildman–Crippen LogP) is 3.41. The van der Waals surface area contributed by atoms with E-state index in [2.05, 4.69) is 35.5 Å². The second-order valence-electron chi connectivity index (χ2n) is 4.97. The summed E-state index contributed by atoms with van der Waals surface area (Å²) in [4.78, 5) is 4.44. The number of rotatable bonds is 2. The summed E-state index contributed by atoms with van der Waals surface area (Å²) in [5, 5.41) is 9.51. The molecule has 0 aliphatic rings. The lowest BCUT2D eigenvalue weighted by molar-refractivity contribution is 0.474. The predicted molar refractivity (Wildman–Crippen MR) is 76.4 cm³/mol. The monoisotopic (exact) mass is 252 g/mol. The van der Waals surface area contributed by atoms with Crippen molar-refractivity contribution in [2.45, 2.75) is 20.4 Å². The zero-order valence-corrected chi connectivity index (χ0v) is 11.1. The molecule has 0 atom stereocenters. The average molecular weight is 252 g/mol. The van der Waals surface area contributed by atoms with Gasteiger partial charge in [0.15, 0.2) is 0 Å². The molecule has 0 spiro atoms. The number of nitrogens with zero attached hydrogens (tertiary/aromatic N) is 2. The molecule has 1 aromatic heterocycles. The van der Waals surface area contributed by atoms with E-state index < -0.39 is 0 Å². The van der Waals surface area contributed by atoms with Crippen LogP contribution < -0.4 is 0 Å². The SMILES string of the molecule is Cc1cc2ncn(Cc3cccc(O)c3)c2cc1C. The van der Waals surface area contributed by atoms with Gasteiger partial charge in [0, 0.05) is 6.54 Å². The maximum Gasteiger partial charge on any atom is 0.115 e. The highest BCUT2D eigenvalue weighted by molar-refractivity contribution is 5.77. The molecule has 3 nitrogen and oxygen atoms in total. The Hall–Kier alpha value is -2.29. The van der Waals surface area contributed by atoms with Crippen LogP contribution in [0.5, 0.6) is 5.75 Å². The van der Waals surface area contributed by atoms with E-state index in [0.29, 0.717) is 12.3 Å². The zero-order chi connectivity index (χ0) is 13.4. The van der Waals surface area contributed by atoms with E-state index in [1.54, 1.807) is 12.1 Å². The second-order valence-corrected chi connectivity index (χ2v) is 4.97. The minimum atomic E-state index is 0.300. The second kappa shape index (κ2) is 4.43. The lowest BCUT2D eigenvalue weighted by atomic mass is 10.1. The van der Waals surface area contributed by atoms with Gasteiger partial charge in [0.05, 0.1) is 17.4 Å². The third-order valence-corrected chi connectivity index (χ3v) is 3.50. The highest BCUT2D eigenvalue weighted by Gasteiger charge is 2.05. The summed E-state index contributed by atoms with van der Waals surface area (Å²) in [6.45, 7) is 4.93. The molecule has 3 aromatic rings. The minimum absolute atomic E-state index is 0.300. The van der Waals surface area contributed by atoms with Crippen LogP contribution in [-0.4, -0.2) is 14.7 Å². The summed E-state index contributed by atoms with van der Waals surface area (Å²) < 4.78 is 2.11. The Morgan fingerprint density at radius 3 is 2.68 bits per heavy atom. The van der Waals surface area contributed by atoms with E-state index in [-0.39, 0.29) is 0 Å². The van der Waals surface area contributed by atoms with Crippen LogP contribution >= 0.6 is 0 Å². The van der Waals surface area contributed by atoms with Crippen molar-refractivity contribution in [2.75, 3.05) is 0 Å². The number of benzene rings is 2. The molecule has 3 rings (SSSR count). The number of aromatic hydroxyl groups is 1. The Morgan fingerprint density at radius 1 is 1.11 bits per heavy atom. The zero-order valence-electron chi connectivity index (χ0n) is 11.1. The molecule has 0 saturated heterocycles. The first-order valence-corrected chi connectivity index (χ1v) is 6.33. The molecule has 0 amide bonds. The van der Waals surface area contributed by atoms with Gasteiger partial charge in [-0.25, -0.2) is 4.98 Å². The molecule has 96 valence electrons. The lowest BCUT2D eigenvalue weighted by Gasteiger charge is -2.06. The maximum absolute atomic E-state index is 9.51. The van der Waals surface area contributed by atoms with Gasteiger partial charge < -0.3 is 9.67 Å². The van der Waals surface area contributed by atoms with E-state index in [4.69, 9.17) is 0 Å². The molecule has 2 aromatic carbocycles. The molecule has 0 radical (unpaired) electrons. The molecule has 1 N–H and O–H groups in total. The fourth-order valence-corrected chi connectivity index (χ4v) is 2.29. The molecule has 3 heteroatoms. The number of hydrogen-bond donors (Lipinski definition) is 1. The molecule has 0 aliphatic heterocycles. The van der Waals surface area contributed by atoms with Crippen LogP contribution in [-0.2, 0) is 6.54 Å².